The van der Waals surface area contributed by atoms with Gasteiger partial charge in [0.05, 0.1) is 30.3 Å². The maximum Gasteiger partial charge on any atom is 0.412 e. The Kier molecular flexibility index (Phi) is 6.79. The van der Waals surface area contributed by atoms with Gasteiger partial charge in [-0.3, -0.25) is 9.36 Å². The Bertz CT molecular complexity index is 1320. The van der Waals surface area contributed by atoms with E-state index in [2.05, 4.69) is 21.5 Å². The van der Waals surface area contributed by atoms with Crippen LogP contribution in [0.5, 0.6) is 5.88 Å². The molecule has 1 saturated heterocycles. The number of pyridine rings is 2. The summed E-state index contributed by atoms with van der Waals surface area (Å²) < 4.78 is 51.7. The average molecular weight is 489 g/mol. The van der Waals surface area contributed by atoms with Crippen molar-refractivity contribution in [2.75, 3.05) is 31.7 Å². The lowest BCUT2D eigenvalue weighted by Gasteiger charge is -2.34. The molecule has 0 unspecified atom stereocenters. The number of rotatable bonds is 6. The van der Waals surface area contributed by atoms with Gasteiger partial charge in [0.15, 0.2) is 0 Å². The summed E-state index contributed by atoms with van der Waals surface area (Å²) >= 11 is 0. The van der Waals surface area contributed by atoms with Crippen LogP contribution in [0, 0.1) is 6.92 Å². The SMILES string of the molecule is C=C(CCc1nc(N2CCO[C@H](c3ccnc(OC)c3)C2)cc2nc(C)n(C)c(=O)c12)C(F)(F)F. The van der Waals surface area contributed by atoms with Crippen molar-refractivity contribution in [3.05, 3.63) is 64.0 Å². The highest BCUT2D eigenvalue weighted by molar-refractivity contribution is 5.83. The van der Waals surface area contributed by atoms with Crippen molar-refractivity contribution in [1.29, 1.82) is 0 Å². The Labute approximate surface area is 200 Å². The Morgan fingerprint density at radius 1 is 1.31 bits per heavy atom. The first-order chi connectivity index (χ1) is 16.6. The lowest BCUT2D eigenvalue weighted by atomic mass is 10.1. The van der Waals surface area contributed by atoms with E-state index in [0.29, 0.717) is 42.7 Å². The summed E-state index contributed by atoms with van der Waals surface area (Å²) in [6.07, 6.45) is -3.60. The third-order valence-corrected chi connectivity index (χ3v) is 6.14. The first-order valence-electron chi connectivity index (χ1n) is 11.1. The van der Waals surface area contributed by atoms with Gasteiger partial charge in [0.2, 0.25) is 5.88 Å². The van der Waals surface area contributed by atoms with Gasteiger partial charge in [-0.25, -0.2) is 15.0 Å². The van der Waals surface area contributed by atoms with Crippen LogP contribution in [-0.4, -0.2) is 52.5 Å². The Morgan fingerprint density at radius 2 is 2.09 bits per heavy atom. The zero-order valence-corrected chi connectivity index (χ0v) is 19.7. The fourth-order valence-corrected chi connectivity index (χ4v) is 4.00. The van der Waals surface area contributed by atoms with Crippen molar-refractivity contribution in [3.63, 3.8) is 0 Å². The fourth-order valence-electron chi connectivity index (χ4n) is 4.00. The van der Waals surface area contributed by atoms with Gasteiger partial charge in [-0.2, -0.15) is 13.2 Å². The van der Waals surface area contributed by atoms with Crippen molar-refractivity contribution in [1.82, 2.24) is 19.5 Å². The van der Waals surface area contributed by atoms with Crippen molar-refractivity contribution in [3.8, 4) is 5.88 Å². The number of alkyl halides is 3. The van der Waals surface area contributed by atoms with Crippen LogP contribution in [-0.2, 0) is 18.2 Å². The molecule has 0 radical (unpaired) electrons. The molecular formula is C24H26F3N5O3. The average Bonchev–Trinajstić information content (AvgIpc) is 2.84. The molecule has 0 N–H and O–H groups in total. The number of anilines is 1. The molecule has 1 aliphatic rings. The molecule has 1 atom stereocenters. The number of aryl methyl sites for hydroxylation is 2. The Hall–Kier alpha value is -3.47. The van der Waals surface area contributed by atoms with Crippen molar-refractivity contribution >= 4 is 16.7 Å². The normalized spacial score (nSPS) is 16.5. The number of hydrogen-bond donors (Lipinski definition) is 0. The number of nitrogens with zero attached hydrogens (tertiary/aromatic N) is 5. The summed E-state index contributed by atoms with van der Waals surface area (Å²) in [5.74, 6) is 1.49. The van der Waals surface area contributed by atoms with Gasteiger partial charge in [0, 0.05) is 44.0 Å². The van der Waals surface area contributed by atoms with Crippen LogP contribution in [0.4, 0.5) is 19.0 Å². The van der Waals surface area contributed by atoms with E-state index in [-0.39, 0.29) is 35.6 Å². The summed E-state index contributed by atoms with van der Waals surface area (Å²) in [5, 5.41) is 0.223. The highest BCUT2D eigenvalue weighted by Crippen LogP contribution is 2.31. The Morgan fingerprint density at radius 3 is 2.80 bits per heavy atom. The molecule has 0 aromatic carbocycles. The predicted octanol–water partition coefficient (Wildman–Crippen LogP) is 3.67. The number of morpholine rings is 1. The summed E-state index contributed by atoms with van der Waals surface area (Å²) in [6.45, 7) is 6.24. The molecule has 1 fully saturated rings. The van der Waals surface area contributed by atoms with Gasteiger partial charge in [-0.15, -0.1) is 0 Å². The maximum absolute atomic E-state index is 13.1. The van der Waals surface area contributed by atoms with Crippen LogP contribution in [0.3, 0.4) is 0 Å². The van der Waals surface area contributed by atoms with E-state index in [1.54, 1.807) is 32.3 Å². The molecule has 0 bridgehead atoms. The van der Waals surface area contributed by atoms with E-state index in [1.165, 1.54) is 11.7 Å². The zero-order valence-electron chi connectivity index (χ0n) is 19.7. The second kappa shape index (κ2) is 9.65. The number of methoxy groups -OCH3 is 1. The standard InChI is InChI=1S/C24H26F3N5O3/c1-14(24(25,26)27)5-6-17-22-18(29-15(2)31(3)23(22)33)12-20(30-17)32-9-10-35-19(13-32)16-7-8-28-21(11-16)34-4/h7-8,11-12,19H,1,5-6,9-10,13H2,2-4H3/t19-/m0/s1. The van der Waals surface area contributed by atoms with Gasteiger partial charge < -0.3 is 14.4 Å². The smallest absolute Gasteiger partial charge is 0.412 e. The number of ether oxygens (including phenoxy) is 2. The third kappa shape index (κ3) is 5.14. The van der Waals surface area contributed by atoms with Gasteiger partial charge >= 0.3 is 6.18 Å². The molecule has 0 spiro atoms. The Balaban J connectivity index is 1.72. The molecule has 1 aliphatic heterocycles. The van der Waals surface area contributed by atoms with Crippen LogP contribution in [0.15, 0.2) is 41.3 Å². The number of fused-ring (bicyclic) bond motifs is 1. The molecule has 35 heavy (non-hydrogen) atoms. The summed E-state index contributed by atoms with van der Waals surface area (Å²) in [4.78, 5) is 28.3. The largest absolute Gasteiger partial charge is 0.481 e. The highest BCUT2D eigenvalue weighted by Gasteiger charge is 2.32. The minimum atomic E-state index is -4.50. The number of allylic oxidation sites excluding steroid dienone is 1. The molecule has 4 heterocycles. The van der Waals surface area contributed by atoms with Gasteiger partial charge in [0.1, 0.15) is 17.7 Å². The molecule has 3 aromatic rings. The molecule has 0 aliphatic carbocycles. The topological polar surface area (TPSA) is 82.4 Å². The van der Waals surface area contributed by atoms with Crippen LogP contribution >= 0.6 is 0 Å². The monoisotopic (exact) mass is 489 g/mol. The molecule has 11 heteroatoms. The minimum Gasteiger partial charge on any atom is -0.481 e. The summed E-state index contributed by atoms with van der Waals surface area (Å²) in [5.41, 5.74) is 0.337. The second-order valence-corrected chi connectivity index (χ2v) is 8.38. The summed E-state index contributed by atoms with van der Waals surface area (Å²) in [7, 11) is 3.11. The van der Waals surface area contributed by atoms with Crippen molar-refractivity contribution in [2.24, 2.45) is 7.05 Å². The number of hydrogen-bond acceptors (Lipinski definition) is 7. The molecule has 8 nitrogen and oxygen atoms in total. The zero-order chi connectivity index (χ0) is 25.3. The van der Waals surface area contributed by atoms with Crippen LogP contribution in [0.25, 0.3) is 10.9 Å². The molecule has 0 amide bonds. The minimum absolute atomic E-state index is 0.0853. The van der Waals surface area contributed by atoms with Crippen molar-refractivity contribution in [2.45, 2.75) is 32.0 Å². The predicted molar refractivity (Wildman–Crippen MR) is 125 cm³/mol. The van der Waals surface area contributed by atoms with Crippen molar-refractivity contribution < 1.29 is 22.6 Å². The first kappa shape index (κ1) is 24.6. The van der Waals surface area contributed by atoms with E-state index in [0.717, 1.165) is 5.56 Å². The molecular weight excluding hydrogens is 463 g/mol. The van der Waals surface area contributed by atoms with E-state index < -0.39 is 11.7 Å². The number of aromatic nitrogens is 4. The lowest BCUT2D eigenvalue weighted by molar-refractivity contribution is -0.0935. The van der Waals surface area contributed by atoms with Crippen LogP contribution in [0.2, 0.25) is 0 Å². The third-order valence-electron chi connectivity index (χ3n) is 6.14. The fraction of sp³-hybridized carbons (Fsp3) is 0.417. The highest BCUT2D eigenvalue weighted by atomic mass is 19.4. The van der Waals surface area contributed by atoms with Gasteiger partial charge in [-0.1, -0.05) is 6.58 Å². The van der Waals surface area contributed by atoms with Crippen LogP contribution in [0.1, 0.15) is 29.6 Å². The molecule has 3 aromatic heterocycles. The number of halogens is 3. The van der Waals surface area contributed by atoms with E-state index in [4.69, 9.17) is 9.47 Å². The van der Waals surface area contributed by atoms with E-state index in [9.17, 15) is 18.0 Å². The summed E-state index contributed by atoms with van der Waals surface area (Å²) in [6, 6.07) is 5.35. The van der Waals surface area contributed by atoms with E-state index >= 15 is 0 Å². The maximum atomic E-state index is 13.1. The molecule has 4 rings (SSSR count). The second-order valence-electron chi connectivity index (χ2n) is 8.38. The van der Waals surface area contributed by atoms with Gasteiger partial charge in [0.25, 0.3) is 5.56 Å². The first-order valence-corrected chi connectivity index (χ1v) is 11.1. The van der Waals surface area contributed by atoms with E-state index in [1.807, 2.05) is 11.0 Å². The van der Waals surface area contributed by atoms with Gasteiger partial charge in [-0.05, 0) is 31.4 Å². The quantitative estimate of drug-likeness (QED) is 0.489. The lowest BCUT2D eigenvalue weighted by Crippen LogP contribution is -2.39. The molecule has 186 valence electrons. The molecule has 0 saturated carbocycles. The van der Waals surface area contributed by atoms with Crippen LogP contribution < -0.4 is 15.2 Å².